The Labute approximate surface area is 148 Å². The summed E-state index contributed by atoms with van der Waals surface area (Å²) in [4.78, 5) is 26.7. The van der Waals surface area contributed by atoms with Crippen LogP contribution in [0.3, 0.4) is 0 Å². The van der Waals surface area contributed by atoms with Crippen molar-refractivity contribution in [1.82, 2.24) is 10.2 Å². The summed E-state index contributed by atoms with van der Waals surface area (Å²) in [6, 6.07) is 18.5. The molecule has 0 radical (unpaired) electrons. The Hall–Kier alpha value is -2.66. The van der Waals surface area contributed by atoms with E-state index in [0.29, 0.717) is 6.54 Å². The molecule has 2 rings (SSSR count). The van der Waals surface area contributed by atoms with Crippen molar-refractivity contribution in [2.24, 2.45) is 0 Å². The summed E-state index contributed by atoms with van der Waals surface area (Å²) in [6.07, 6.45) is 0.241. The van der Waals surface area contributed by atoms with Crippen LogP contribution in [0.4, 0.5) is 0 Å². The van der Waals surface area contributed by atoms with Gasteiger partial charge in [-0.25, -0.2) is 0 Å². The van der Waals surface area contributed by atoms with E-state index >= 15 is 0 Å². The molecule has 25 heavy (non-hydrogen) atoms. The van der Waals surface area contributed by atoms with Crippen LogP contribution < -0.4 is 5.32 Å². The van der Waals surface area contributed by atoms with Gasteiger partial charge in [0.15, 0.2) is 0 Å². The van der Waals surface area contributed by atoms with Crippen LogP contribution in [-0.2, 0) is 22.6 Å². The van der Waals surface area contributed by atoms with Crippen LogP contribution in [0.5, 0.6) is 0 Å². The quantitative estimate of drug-likeness (QED) is 0.769. The summed E-state index contributed by atoms with van der Waals surface area (Å²) in [5.74, 6) is -0.381. The molecule has 0 saturated carbocycles. The number of rotatable bonds is 8. The second-order valence-corrected chi connectivity index (χ2v) is 5.86. The normalized spacial score (nSPS) is 11.6. The van der Waals surface area contributed by atoms with Crippen molar-refractivity contribution in [3.8, 4) is 0 Å². The first kappa shape index (κ1) is 18.7. The van der Waals surface area contributed by atoms with Gasteiger partial charge in [-0.3, -0.25) is 9.59 Å². The van der Waals surface area contributed by atoms with Gasteiger partial charge in [0.05, 0.1) is 13.0 Å². The number of carbonyl (C=O) groups is 2. The van der Waals surface area contributed by atoms with Crippen molar-refractivity contribution >= 4 is 11.8 Å². The first-order valence-corrected chi connectivity index (χ1v) is 8.37. The van der Waals surface area contributed by atoms with Crippen molar-refractivity contribution in [1.29, 1.82) is 0 Å². The third-order valence-corrected chi connectivity index (χ3v) is 3.97. The molecule has 0 unspecified atom stereocenters. The number of benzene rings is 2. The minimum atomic E-state index is -0.622. The van der Waals surface area contributed by atoms with Gasteiger partial charge >= 0.3 is 0 Å². The summed E-state index contributed by atoms with van der Waals surface area (Å²) in [5.41, 5.74) is 1.87. The van der Waals surface area contributed by atoms with Gasteiger partial charge in [-0.15, -0.1) is 0 Å². The maximum Gasteiger partial charge on any atom is 0.242 e. The van der Waals surface area contributed by atoms with E-state index in [9.17, 15) is 9.59 Å². The van der Waals surface area contributed by atoms with E-state index < -0.39 is 6.04 Å². The highest BCUT2D eigenvalue weighted by Crippen LogP contribution is 2.12. The lowest BCUT2D eigenvalue weighted by molar-refractivity contribution is -0.140. The largest absolute Gasteiger partial charge is 0.395 e. The highest BCUT2D eigenvalue weighted by atomic mass is 16.3. The van der Waals surface area contributed by atoms with Crippen LogP contribution in [0.2, 0.25) is 0 Å². The third kappa shape index (κ3) is 5.72. The minimum absolute atomic E-state index is 0.110. The van der Waals surface area contributed by atoms with Gasteiger partial charge in [-0.1, -0.05) is 60.7 Å². The standard InChI is InChI=1S/C20H24N2O3/c1-16(20(25)21-12-13-23)22(15-18-10-6-3-7-11-18)19(24)14-17-8-4-2-5-9-17/h2-11,16,23H,12-15H2,1H3,(H,21,25)/t16-/m1/s1. The molecule has 1 atom stereocenters. The van der Waals surface area contributed by atoms with Gasteiger partial charge in [-0.2, -0.15) is 0 Å². The Balaban J connectivity index is 2.15. The van der Waals surface area contributed by atoms with Gasteiger partial charge in [0.1, 0.15) is 6.04 Å². The molecule has 0 fully saturated rings. The smallest absolute Gasteiger partial charge is 0.242 e. The Kier molecular flexibility index (Phi) is 7.16. The van der Waals surface area contributed by atoms with Crippen LogP contribution in [0.15, 0.2) is 60.7 Å². The monoisotopic (exact) mass is 340 g/mol. The molecule has 0 aliphatic rings. The van der Waals surface area contributed by atoms with Gasteiger partial charge in [0, 0.05) is 13.1 Å². The number of carbonyl (C=O) groups excluding carboxylic acids is 2. The predicted octanol–water partition coefficient (Wildman–Crippen LogP) is 1.75. The zero-order chi connectivity index (χ0) is 18.1. The fourth-order valence-corrected chi connectivity index (χ4v) is 2.56. The van der Waals surface area contributed by atoms with E-state index in [1.165, 1.54) is 0 Å². The topological polar surface area (TPSA) is 69.6 Å². The molecule has 0 bridgehead atoms. The number of hydrogen-bond donors (Lipinski definition) is 2. The van der Waals surface area contributed by atoms with Crippen molar-refractivity contribution in [3.63, 3.8) is 0 Å². The van der Waals surface area contributed by atoms with Crippen molar-refractivity contribution in [2.45, 2.75) is 25.9 Å². The van der Waals surface area contributed by atoms with Crippen LogP contribution in [0.25, 0.3) is 0 Å². The molecule has 132 valence electrons. The maximum absolute atomic E-state index is 12.8. The molecule has 0 aromatic heterocycles. The first-order chi connectivity index (χ1) is 12.1. The van der Waals surface area contributed by atoms with Gasteiger partial charge in [-0.05, 0) is 18.1 Å². The zero-order valence-corrected chi connectivity index (χ0v) is 14.4. The second-order valence-electron chi connectivity index (χ2n) is 5.86. The Morgan fingerprint density at radius 1 is 1.00 bits per heavy atom. The molecule has 5 nitrogen and oxygen atoms in total. The molecule has 0 aliphatic heterocycles. The predicted molar refractivity (Wildman–Crippen MR) is 96.7 cm³/mol. The third-order valence-electron chi connectivity index (χ3n) is 3.97. The van der Waals surface area contributed by atoms with E-state index in [-0.39, 0.29) is 31.4 Å². The summed E-state index contributed by atoms with van der Waals surface area (Å²) in [5, 5.41) is 11.5. The second kappa shape index (κ2) is 9.59. The number of nitrogens with one attached hydrogen (secondary N) is 1. The molecule has 2 aromatic carbocycles. The van der Waals surface area contributed by atoms with Crippen LogP contribution >= 0.6 is 0 Å². The van der Waals surface area contributed by atoms with Gasteiger partial charge in [0.25, 0.3) is 0 Å². The van der Waals surface area contributed by atoms with Crippen LogP contribution in [0, 0.1) is 0 Å². The first-order valence-electron chi connectivity index (χ1n) is 8.37. The maximum atomic E-state index is 12.8. The average molecular weight is 340 g/mol. The fraction of sp³-hybridized carbons (Fsp3) is 0.300. The van der Waals surface area contributed by atoms with Crippen molar-refractivity contribution in [2.75, 3.05) is 13.2 Å². The molecular weight excluding hydrogens is 316 g/mol. The number of nitrogens with zero attached hydrogens (tertiary/aromatic N) is 1. The van der Waals surface area contributed by atoms with E-state index in [1.807, 2.05) is 60.7 Å². The molecule has 5 heteroatoms. The minimum Gasteiger partial charge on any atom is -0.395 e. The van der Waals surface area contributed by atoms with Crippen LogP contribution in [-0.4, -0.2) is 41.0 Å². The number of aliphatic hydroxyl groups excluding tert-OH is 1. The molecular formula is C20H24N2O3. The van der Waals surface area contributed by atoms with E-state index in [2.05, 4.69) is 5.32 Å². The summed E-state index contributed by atoms with van der Waals surface area (Å²) < 4.78 is 0. The SMILES string of the molecule is C[C@H](C(=O)NCCO)N(Cc1ccccc1)C(=O)Cc1ccccc1. The van der Waals surface area contributed by atoms with Gasteiger partial charge < -0.3 is 15.3 Å². The number of aliphatic hydroxyl groups is 1. The van der Waals surface area contributed by atoms with Gasteiger partial charge in [0.2, 0.25) is 11.8 Å². The molecule has 2 aromatic rings. The summed E-state index contributed by atoms with van der Waals surface area (Å²) >= 11 is 0. The Morgan fingerprint density at radius 3 is 2.12 bits per heavy atom. The number of amides is 2. The average Bonchev–Trinajstić information content (AvgIpc) is 2.65. The Bertz CT molecular complexity index is 674. The fourth-order valence-electron chi connectivity index (χ4n) is 2.56. The van der Waals surface area contributed by atoms with Crippen molar-refractivity contribution in [3.05, 3.63) is 71.8 Å². The summed E-state index contributed by atoms with van der Waals surface area (Å²) in [6.45, 7) is 2.11. The van der Waals surface area contributed by atoms with E-state index in [1.54, 1.807) is 11.8 Å². The highest BCUT2D eigenvalue weighted by Gasteiger charge is 2.25. The summed E-state index contributed by atoms with van der Waals surface area (Å²) in [7, 11) is 0. The Morgan fingerprint density at radius 2 is 1.56 bits per heavy atom. The zero-order valence-electron chi connectivity index (χ0n) is 14.4. The molecule has 0 aliphatic carbocycles. The molecule has 0 spiro atoms. The van der Waals surface area contributed by atoms with E-state index in [4.69, 9.17) is 5.11 Å². The van der Waals surface area contributed by atoms with E-state index in [0.717, 1.165) is 11.1 Å². The highest BCUT2D eigenvalue weighted by molar-refractivity contribution is 5.88. The lowest BCUT2D eigenvalue weighted by Crippen LogP contribution is -2.48. The lowest BCUT2D eigenvalue weighted by atomic mass is 10.1. The lowest BCUT2D eigenvalue weighted by Gasteiger charge is -2.29. The van der Waals surface area contributed by atoms with Crippen molar-refractivity contribution < 1.29 is 14.7 Å². The number of hydrogen-bond acceptors (Lipinski definition) is 3. The molecule has 2 amide bonds. The molecule has 2 N–H and O–H groups in total. The molecule has 0 saturated heterocycles. The van der Waals surface area contributed by atoms with Crippen LogP contribution in [0.1, 0.15) is 18.1 Å². The molecule has 0 heterocycles.